The monoisotopic (exact) mass is 519 g/mol. The lowest BCUT2D eigenvalue weighted by molar-refractivity contribution is -0.384. The molecule has 0 saturated carbocycles. The van der Waals surface area contributed by atoms with Gasteiger partial charge in [0.25, 0.3) is 17.5 Å². The Morgan fingerprint density at radius 2 is 1.30 bits per heavy atom. The normalized spacial score (nSPS) is 10.1. The van der Waals surface area contributed by atoms with Gasteiger partial charge in [-0.05, 0) is 42.0 Å². The van der Waals surface area contributed by atoms with Crippen LogP contribution in [-0.2, 0) is 9.47 Å². The van der Waals surface area contributed by atoms with Gasteiger partial charge in [0, 0.05) is 63.8 Å². The Balaban J connectivity index is 0.000000375. The summed E-state index contributed by atoms with van der Waals surface area (Å²) >= 11 is 0. The maximum Gasteiger partial charge on any atom is 0.488 e. The molecule has 0 aromatic heterocycles. The fourth-order valence-corrected chi connectivity index (χ4v) is 2.87. The quantitative estimate of drug-likeness (QED) is 0.0757. The minimum atomic E-state index is -1.88. The predicted molar refractivity (Wildman–Crippen MR) is 137 cm³/mol. The van der Waals surface area contributed by atoms with Crippen molar-refractivity contribution in [1.82, 2.24) is 10.6 Å². The summed E-state index contributed by atoms with van der Waals surface area (Å²) in [6.07, 6.45) is 1.36. The summed E-state index contributed by atoms with van der Waals surface area (Å²) in [4.78, 5) is 33.5. The summed E-state index contributed by atoms with van der Waals surface area (Å²) in [5.41, 5.74) is 0.367. The molecule has 2 aromatic carbocycles. The molecule has 0 aliphatic carbocycles. The Morgan fingerprint density at radius 3 is 1.73 bits per heavy atom. The number of rotatable bonds is 13. The van der Waals surface area contributed by atoms with E-state index >= 15 is 0 Å². The van der Waals surface area contributed by atoms with Crippen LogP contribution in [0.1, 0.15) is 33.6 Å². The van der Waals surface area contributed by atoms with Crippen LogP contribution in [0.15, 0.2) is 42.5 Å². The summed E-state index contributed by atoms with van der Waals surface area (Å²) in [6, 6.07) is 9.41. The lowest BCUT2D eigenvalue weighted by atomic mass is 9.79. The molecular formula is C22H31B2N3O10. The summed E-state index contributed by atoms with van der Waals surface area (Å²) in [5, 5.41) is 52.0. The first-order valence-electron chi connectivity index (χ1n) is 11.3. The number of amides is 2. The Bertz CT molecular complexity index is 1010. The van der Waals surface area contributed by atoms with E-state index in [1.54, 1.807) is 19.2 Å². The number of carbonyl (C=O) groups is 2. The van der Waals surface area contributed by atoms with Crippen LogP contribution in [0.2, 0.25) is 0 Å². The third-order valence-corrected chi connectivity index (χ3v) is 4.80. The zero-order chi connectivity index (χ0) is 27.8. The van der Waals surface area contributed by atoms with E-state index in [1.165, 1.54) is 25.3 Å². The van der Waals surface area contributed by atoms with Crippen molar-refractivity contribution in [2.24, 2.45) is 0 Å². The highest BCUT2D eigenvalue weighted by Crippen LogP contribution is 2.12. The second kappa shape index (κ2) is 17.2. The number of benzene rings is 2. The molecule has 0 aliphatic heterocycles. The highest BCUT2D eigenvalue weighted by molar-refractivity contribution is 6.59. The number of methoxy groups -OCH3 is 2. The number of nitro groups is 1. The largest absolute Gasteiger partial charge is 0.488 e. The number of non-ortho nitro benzene ring substituents is 1. The molecule has 37 heavy (non-hydrogen) atoms. The van der Waals surface area contributed by atoms with Gasteiger partial charge in [0.15, 0.2) is 0 Å². The van der Waals surface area contributed by atoms with Crippen molar-refractivity contribution in [1.29, 1.82) is 0 Å². The molecule has 0 saturated heterocycles. The van der Waals surface area contributed by atoms with E-state index in [4.69, 9.17) is 29.6 Å². The molecule has 6 N–H and O–H groups in total. The fraction of sp³-hybridized carbons (Fsp3) is 0.364. The second-order valence-electron chi connectivity index (χ2n) is 7.64. The molecule has 0 aliphatic rings. The molecule has 15 heteroatoms. The van der Waals surface area contributed by atoms with Crippen LogP contribution in [0.5, 0.6) is 0 Å². The van der Waals surface area contributed by atoms with Crippen molar-refractivity contribution >= 4 is 42.7 Å². The molecule has 0 heterocycles. The maximum atomic E-state index is 11.8. The molecular weight excluding hydrogens is 488 g/mol. The highest BCUT2D eigenvalue weighted by Gasteiger charge is 2.20. The van der Waals surface area contributed by atoms with Gasteiger partial charge in [-0.3, -0.25) is 19.7 Å². The van der Waals surface area contributed by atoms with E-state index < -0.39 is 25.1 Å². The summed E-state index contributed by atoms with van der Waals surface area (Å²) < 4.78 is 9.69. The standard InChI is InChI=1S/C11H15BN2O6.C11H16BNO4/c1-20-4-2-3-13-11(15)8-5-9(12(16)17)7-10(6-8)14(18)19;1-17-8-2-7-13-11(14)9-3-5-10(6-4-9)12(15)16/h5-7,16-17H,2-4H2,1H3,(H,13,15);3-6,15-16H,2,7-8H2,1H3,(H,13,14). The van der Waals surface area contributed by atoms with Crippen molar-refractivity contribution in [3.8, 4) is 0 Å². The third kappa shape index (κ3) is 12.0. The van der Waals surface area contributed by atoms with Gasteiger partial charge in [-0.15, -0.1) is 0 Å². The molecule has 2 amide bonds. The van der Waals surface area contributed by atoms with Crippen molar-refractivity contribution in [2.75, 3.05) is 40.5 Å². The van der Waals surface area contributed by atoms with Crippen LogP contribution in [-0.4, -0.2) is 91.6 Å². The number of nitrogens with zero attached hydrogens (tertiary/aromatic N) is 1. The van der Waals surface area contributed by atoms with Crippen molar-refractivity contribution in [3.63, 3.8) is 0 Å². The Hall–Kier alpha value is -3.33. The Kier molecular flexibility index (Phi) is 14.7. The Morgan fingerprint density at radius 1 is 0.811 bits per heavy atom. The van der Waals surface area contributed by atoms with Crippen LogP contribution in [0.4, 0.5) is 5.69 Å². The zero-order valence-electron chi connectivity index (χ0n) is 20.6. The zero-order valence-corrected chi connectivity index (χ0v) is 20.6. The predicted octanol–water partition coefficient (Wildman–Crippen LogP) is -1.83. The minimum absolute atomic E-state index is 0.000262. The van der Waals surface area contributed by atoms with Gasteiger partial charge >= 0.3 is 14.2 Å². The number of nitrogens with one attached hydrogen (secondary N) is 2. The van der Waals surface area contributed by atoms with E-state index in [0.717, 1.165) is 18.6 Å². The van der Waals surface area contributed by atoms with E-state index in [2.05, 4.69) is 10.6 Å². The van der Waals surface area contributed by atoms with Gasteiger partial charge in [-0.25, -0.2) is 0 Å². The van der Waals surface area contributed by atoms with E-state index in [9.17, 15) is 19.7 Å². The summed E-state index contributed by atoms with van der Waals surface area (Å²) in [5.74, 6) is -0.702. The minimum Gasteiger partial charge on any atom is -0.423 e. The average molecular weight is 519 g/mol. The van der Waals surface area contributed by atoms with Gasteiger partial charge in [0.2, 0.25) is 0 Å². The van der Waals surface area contributed by atoms with Crippen LogP contribution >= 0.6 is 0 Å². The van der Waals surface area contributed by atoms with Crippen molar-refractivity contribution < 1.29 is 44.1 Å². The average Bonchev–Trinajstić information content (AvgIpc) is 2.89. The summed E-state index contributed by atoms with van der Waals surface area (Å²) in [6.45, 7) is 2.00. The van der Waals surface area contributed by atoms with E-state index in [0.29, 0.717) is 43.8 Å². The van der Waals surface area contributed by atoms with Gasteiger partial charge in [-0.2, -0.15) is 0 Å². The van der Waals surface area contributed by atoms with E-state index in [1.807, 2.05) is 0 Å². The molecule has 200 valence electrons. The van der Waals surface area contributed by atoms with Gasteiger partial charge in [0.05, 0.1) is 4.92 Å². The SMILES string of the molecule is COCCCNC(=O)c1cc(B(O)O)cc([N+](=O)[O-])c1.COCCCNC(=O)c1ccc(B(O)O)cc1. The lowest BCUT2D eigenvalue weighted by Gasteiger charge is -2.07. The molecule has 0 spiro atoms. The Labute approximate surface area is 214 Å². The third-order valence-electron chi connectivity index (χ3n) is 4.80. The molecule has 0 fully saturated rings. The number of hydrogen-bond acceptors (Lipinski definition) is 10. The maximum absolute atomic E-state index is 11.8. The lowest BCUT2D eigenvalue weighted by Crippen LogP contribution is -2.32. The topological polar surface area (TPSA) is 201 Å². The molecule has 0 radical (unpaired) electrons. The first-order chi connectivity index (χ1) is 17.6. The molecule has 13 nitrogen and oxygen atoms in total. The number of nitro benzene ring substituents is 1. The van der Waals surface area contributed by atoms with Crippen LogP contribution in [0, 0.1) is 10.1 Å². The van der Waals surface area contributed by atoms with Gasteiger partial charge in [-0.1, -0.05) is 12.1 Å². The van der Waals surface area contributed by atoms with Crippen molar-refractivity contribution in [2.45, 2.75) is 12.8 Å². The smallest absolute Gasteiger partial charge is 0.423 e. The van der Waals surface area contributed by atoms with Crippen molar-refractivity contribution in [3.05, 3.63) is 63.7 Å². The molecule has 0 atom stereocenters. The number of hydrogen-bond donors (Lipinski definition) is 6. The van der Waals surface area contributed by atoms with Gasteiger partial charge in [0.1, 0.15) is 0 Å². The van der Waals surface area contributed by atoms with Crippen LogP contribution in [0.3, 0.4) is 0 Å². The molecule has 0 bridgehead atoms. The molecule has 2 rings (SSSR count). The second-order valence-corrected chi connectivity index (χ2v) is 7.64. The molecule has 2 aromatic rings. The fourth-order valence-electron chi connectivity index (χ4n) is 2.87. The first kappa shape index (κ1) is 31.7. The molecule has 0 unspecified atom stereocenters. The van der Waals surface area contributed by atoms with Crippen LogP contribution < -0.4 is 21.6 Å². The summed E-state index contributed by atoms with van der Waals surface area (Å²) in [7, 11) is -0.235. The van der Waals surface area contributed by atoms with Crippen LogP contribution in [0.25, 0.3) is 0 Å². The highest BCUT2D eigenvalue weighted by atomic mass is 16.6. The van der Waals surface area contributed by atoms with Gasteiger partial charge < -0.3 is 40.2 Å². The van der Waals surface area contributed by atoms with E-state index in [-0.39, 0.29) is 22.6 Å². The first-order valence-corrected chi connectivity index (χ1v) is 11.3. The number of carbonyl (C=O) groups excluding carboxylic acids is 2. The number of ether oxygens (including phenoxy) is 2.